The van der Waals surface area contributed by atoms with E-state index in [2.05, 4.69) is 50.3 Å². The summed E-state index contributed by atoms with van der Waals surface area (Å²) >= 11 is 9.22. The lowest BCUT2D eigenvalue weighted by Crippen LogP contribution is -2.49. The van der Waals surface area contributed by atoms with E-state index in [1.54, 1.807) is 0 Å². The monoisotopic (exact) mass is 417 g/mol. The van der Waals surface area contributed by atoms with E-state index < -0.39 is 0 Å². The van der Waals surface area contributed by atoms with Crippen molar-refractivity contribution in [2.45, 2.75) is 38.1 Å². The molecule has 0 amide bonds. The molecule has 4 saturated carbocycles. The smallest absolute Gasteiger partial charge is 0.0758 e. The van der Waals surface area contributed by atoms with Crippen LogP contribution >= 0.6 is 43.2 Å². The Labute approximate surface area is 142 Å². The van der Waals surface area contributed by atoms with E-state index >= 15 is 0 Å². The second-order valence-electron chi connectivity index (χ2n) is 7.05. The first-order valence-electron chi connectivity index (χ1n) is 7.77. The van der Waals surface area contributed by atoms with Crippen molar-refractivity contribution in [3.05, 3.63) is 19.2 Å². The van der Waals surface area contributed by atoms with Crippen LogP contribution < -0.4 is 5.32 Å². The van der Waals surface area contributed by atoms with Crippen LogP contribution in [0.4, 0.5) is 0 Å². The zero-order valence-electron chi connectivity index (χ0n) is 11.7. The fourth-order valence-electron chi connectivity index (χ4n) is 5.63. The molecule has 1 atom stereocenters. The van der Waals surface area contributed by atoms with Crippen molar-refractivity contribution in [1.82, 2.24) is 5.32 Å². The molecule has 4 aliphatic rings. The summed E-state index contributed by atoms with van der Waals surface area (Å²) in [5, 5.41) is 3.66. The molecule has 1 aromatic rings. The van der Waals surface area contributed by atoms with Crippen LogP contribution in [0.15, 0.2) is 13.6 Å². The van der Waals surface area contributed by atoms with E-state index in [1.807, 2.05) is 11.3 Å². The zero-order valence-corrected chi connectivity index (χ0v) is 15.7. The van der Waals surface area contributed by atoms with Gasteiger partial charge in [0, 0.05) is 6.04 Å². The van der Waals surface area contributed by atoms with Crippen molar-refractivity contribution < 1.29 is 0 Å². The molecule has 0 aliphatic heterocycles. The number of nitrogens with one attached hydrogen (secondary N) is 1. The van der Waals surface area contributed by atoms with Gasteiger partial charge in [-0.1, -0.05) is 0 Å². The minimum atomic E-state index is 0.530. The first-order chi connectivity index (χ1) is 9.65. The lowest BCUT2D eigenvalue weighted by atomic mass is 9.50. The van der Waals surface area contributed by atoms with Gasteiger partial charge in [-0.2, -0.15) is 0 Å². The molecule has 4 bridgehead atoms. The number of thiophene rings is 1. The van der Waals surface area contributed by atoms with Gasteiger partial charge in [-0.3, -0.25) is 0 Å². The third kappa shape index (κ3) is 2.26. The lowest BCUT2D eigenvalue weighted by molar-refractivity contribution is -0.0515. The standard InChI is InChI=1S/C16H21Br2NS/c1-19-15(12-7-13(17)20-16(12)18)14-10-3-8-2-9(5-10)6-11(14)4-8/h7-11,14-15,19H,2-6H2,1H3. The van der Waals surface area contributed by atoms with Gasteiger partial charge < -0.3 is 5.32 Å². The molecule has 1 unspecified atom stereocenters. The van der Waals surface area contributed by atoms with Gasteiger partial charge >= 0.3 is 0 Å². The maximum absolute atomic E-state index is 3.77. The van der Waals surface area contributed by atoms with Gasteiger partial charge in [-0.15, -0.1) is 11.3 Å². The molecule has 5 rings (SSSR count). The maximum atomic E-state index is 3.77. The summed E-state index contributed by atoms with van der Waals surface area (Å²) < 4.78 is 2.54. The fourth-order valence-corrected chi connectivity index (χ4v) is 8.56. The third-order valence-corrected chi connectivity index (χ3v) is 8.40. The van der Waals surface area contributed by atoms with Crippen molar-refractivity contribution in [3.8, 4) is 0 Å². The highest BCUT2D eigenvalue weighted by Crippen LogP contribution is 2.60. The van der Waals surface area contributed by atoms with E-state index in [0.29, 0.717) is 6.04 Å². The van der Waals surface area contributed by atoms with E-state index in [0.717, 1.165) is 29.6 Å². The van der Waals surface area contributed by atoms with Crippen molar-refractivity contribution >= 4 is 43.2 Å². The molecular formula is C16H21Br2NS. The molecule has 1 aromatic heterocycles. The first-order valence-corrected chi connectivity index (χ1v) is 10.2. The third-order valence-electron chi connectivity index (χ3n) is 6.01. The minimum absolute atomic E-state index is 0.530. The van der Waals surface area contributed by atoms with Gasteiger partial charge in [0.1, 0.15) is 0 Å². The Hall–Kier alpha value is 0.620. The molecule has 4 fully saturated rings. The molecule has 0 spiro atoms. The molecular weight excluding hydrogens is 398 g/mol. The summed E-state index contributed by atoms with van der Waals surface area (Å²) in [5.74, 6) is 4.90. The summed E-state index contributed by atoms with van der Waals surface area (Å²) in [6, 6.07) is 2.85. The Morgan fingerprint density at radius 1 is 1.10 bits per heavy atom. The summed E-state index contributed by atoms with van der Waals surface area (Å²) in [5.41, 5.74) is 1.47. The second kappa shape index (κ2) is 5.36. The molecule has 4 aliphatic carbocycles. The molecule has 0 saturated heterocycles. The fraction of sp³-hybridized carbons (Fsp3) is 0.750. The molecule has 110 valence electrons. The van der Waals surface area contributed by atoms with Gasteiger partial charge in [0.05, 0.1) is 7.57 Å². The number of halogens is 2. The molecule has 1 nitrogen and oxygen atoms in total. The van der Waals surface area contributed by atoms with Crippen molar-refractivity contribution in [3.63, 3.8) is 0 Å². The van der Waals surface area contributed by atoms with Crippen molar-refractivity contribution in [1.29, 1.82) is 0 Å². The Kier molecular flexibility index (Phi) is 3.81. The first kappa shape index (κ1) is 14.2. The highest BCUT2D eigenvalue weighted by Gasteiger charge is 2.50. The Morgan fingerprint density at radius 3 is 2.15 bits per heavy atom. The van der Waals surface area contributed by atoms with Gasteiger partial charge in [-0.05, 0) is 112 Å². The Bertz CT molecular complexity index is 485. The van der Waals surface area contributed by atoms with E-state index in [1.165, 1.54) is 45.2 Å². The van der Waals surface area contributed by atoms with Crippen LogP contribution in [0.3, 0.4) is 0 Å². The van der Waals surface area contributed by atoms with E-state index in [4.69, 9.17) is 0 Å². The average Bonchev–Trinajstić information content (AvgIpc) is 2.72. The van der Waals surface area contributed by atoms with Crippen LogP contribution in [0.25, 0.3) is 0 Å². The lowest BCUT2D eigenvalue weighted by Gasteiger charge is -2.56. The van der Waals surface area contributed by atoms with E-state index in [-0.39, 0.29) is 0 Å². The van der Waals surface area contributed by atoms with Crippen molar-refractivity contribution in [2.75, 3.05) is 7.05 Å². The topological polar surface area (TPSA) is 12.0 Å². The van der Waals surface area contributed by atoms with Crippen LogP contribution in [-0.4, -0.2) is 7.05 Å². The largest absolute Gasteiger partial charge is 0.313 e. The van der Waals surface area contributed by atoms with Gasteiger partial charge in [-0.25, -0.2) is 0 Å². The minimum Gasteiger partial charge on any atom is -0.313 e. The van der Waals surface area contributed by atoms with Crippen molar-refractivity contribution in [2.24, 2.45) is 29.6 Å². The molecule has 0 radical (unpaired) electrons. The number of hydrogen-bond donors (Lipinski definition) is 1. The second-order valence-corrected chi connectivity index (χ2v) is 10.8. The maximum Gasteiger partial charge on any atom is 0.0758 e. The molecule has 0 aromatic carbocycles. The predicted octanol–water partition coefficient (Wildman–Crippen LogP) is 5.61. The van der Waals surface area contributed by atoms with Crippen LogP contribution in [0, 0.1) is 29.6 Å². The summed E-state index contributed by atoms with van der Waals surface area (Å²) in [6.07, 6.45) is 7.53. The van der Waals surface area contributed by atoms with Gasteiger partial charge in [0.25, 0.3) is 0 Å². The Balaban J connectivity index is 1.66. The van der Waals surface area contributed by atoms with Gasteiger partial charge in [0.15, 0.2) is 0 Å². The molecule has 4 heteroatoms. The quantitative estimate of drug-likeness (QED) is 0.672. The predicted molar refractivity (Wildman–Crippen MR) is 92.1 cm³/mol. The summed E-state index contributed by atoms with van der Waals surface area (Å²) in [6.45, 7) is 0. The highest BCUT2D eigenvalue weighted by molar-refractivity contribution is 9.12. The molecule has 1 heterocycles. The number of hydrogen-bond acceptors (Lipinski definition) is 2. The summed E-state index contributed by atoms with van der Waals surface area (Å²) in [7, 11) is 2.15. The van der Waals surface area contributed by atoms with Crippen LogP contribution in [-0.2, 0) is 0 Å². The normalized spacial score (nSPS) is 40.2. The summed E-state index contributed by atoms with van der Waals surface area (Å²) in [4.78, 5) is 0. The highest BCUT2D eigenvalue weighted by atomic mass is 79.9. The van der Waals surface area contributed by atoms with E-state index in [9.17, 15) is 0 Å². The Morgan fingerprint density at radius 2 is 1.70 bits per heavy atom. The van der Waals surface area contributed by atoms with Gasteiger partial charge in [0.2, 0.25) is 0 Å². The zero-order chi connectivity index (χ0) is 13.9. The van der Waals surface area contributed by atoms with Crippen LogP contribution in [0.2, 0.25) is 0 Å². The van der Waals surface area contributed by atoms with Crippen LogP contribution in [0.1, 0.15) is 43.7 Å². The average molecular weight is 419 g/mol. The molecule has 1 N–H and O–H groups in total. The molecule has 20 heavy (non-hydrogen) atoms. The van der Waals surface area contributed by atoms with Crippen LogP contribution in [0.5, 0.6) is 0 Å². The SMILES string of the molecule is CNC(c1cc(Br)sc1Br)C1C2CC3CC(C2)CC1C3. The number of rotatable bonds is 3.